The van der Waals surface area contributed by atoms with Gasteiger partial charge in [-0.25, -0.2) is 0 Å². The molecular formula is C14H15NO3. The molecule has 1 aromatic heterocycles. The lowest BCUT2D eigenvalue weighted by Gasteiger charge is -2.10. The molecule has 0 saturated carbocycles. The highest BCUT2D eigenvalue weighted by atomic mass is 16.5. The second-order valence-corrected chi connectivity index (χ2v) is 3.78. The van der Waals surface area contributed by atoms with Gasteiger partial charge in [0, 0.05) is 17.8 Å². The van der Waals surface area contributed by atoms with Crippen molar-refractivity contribution in [1.82, 2.24) is 4.98 Å². The number of hydrogen-bond acceptors (Lipinski definition) is 4. The fourth-order valence-corrected chi connectivity index (χ4v) is 1.69. The lowest BCUT2D eigenvalue weighted by atomic mass is 10.1. The van der Waals surface area contributed by atoms with Gasteiger partial charge >= 0.3 is 0 Å². The Morgan fingerprint density at radius 3 is 2.50 bits per heavy atom. The van der Waals surface area contributed by atoms with Gasteiger partial charge in [0.25, 0.3) is 0 Å². The SMILES string of the molecule is COc1ccc(-c2ccc(CO)cn2)c(OC)c1. The minimum Gasteiger partial charge on any atom is -0.497 e. The van der Waals surface area contributed by atoms with Gasteiger partial charge in [0.2, 0.25) is 0 Å². The van der Waals surface area contributed by atoms with Crippen molar-refractivity contribution in [2.45, 2.75) is 6.61 Å². The standard InChI is InChI=1S/C14H15NO3/c1-17-11-4-5-12(14(7-11)18-2)13-6-3-10(9-16)8-15-13/h3-8,16H,9H2,1-2H3. The Hall–Kier alpha value is -2.07. The van der Waals surface area contributed by atoms with Crippen LogP contribution in [0.1, 0.15) is 5.56 Å². The molecule has 94 valence electrons. The Balaban J connectivity index is 2.42. The van der Waals surface area contributed by atoms with E-state index in [-0.39, 0.29) is 6.61 Å². The number of aliphatic hydroxyl groups is 1. The van der Waals surface area contributed by atoms with Gasteiger partial charge in [-0.1, -0.05) is 6.07 Å². The van der Waals surface area contributed by atoms with E-state index in [0.29, 0.717) is 5.75 Å². The van der Waals surface area contributed by atoms with E-state index in [9.17, 15) is 0 Å². The molecule has 0 aliphatic heterocycles. The Morgan fingerprint density at radius 2 is 1.94 bits per heavy atom. The summed E-state index contributed by atoms with van der Waals surface area (Å²) in [5.74, 6) is 1.45. The predicted molar refractivity (Wildman–Crippen MR) is 68.7 cm³/mol. The van der Waals surface area contributed by atoms with Crippen molar-refractivity contribution >= 4 is 0 Å². The minimum atomic E-state index is -0.00692. The summed E-state index contributed by atoms with van der Waals surface area (Å²) < 4.78 is 10.5. The Kier molecular flexibility index (Phi) is 3.79. The maximum absolute atomic E-state index is 8.99. The zero-order valence-corrected chi connectivity index (χ0v) is 10.4. The van der Waals surface area contributed by atoms with E-state index in [4.69, 9.17) is 14.6 Å². The summed E-state index contributed by atoms with van der Waals surface area (Å²) >= 11 is 0. The molecule has 0 bridgehead atoms. The molecule has 1 N–H and O–H groups in total. The van der Waals surface area contributed by atoms with Crippen molar-refractivity contribution in [1.29, 1.82) is 0 Å². The molecule has 1 heterocycles. The van der Waals surface area contributed by atoms with Crippen LogP contribution in [0.4, 0.5) is 0 Å². The summed E-state index contributed by atoms with van der Waals surface area (Å²) in [5, 5.41) is 8.99. The number of nitrogens with zero attached hydrogens (tertiary/aromatic N) is 1. The second kappa shape index (κ2) is 5.51. The zero-order valence-electron chi connectivity index (χ0n) is 10.4. The summed E-state index contributed by atoms with van der Waals surface area (Å²) in [4.78, 5) is 4.30. The van der Waals surface area contributed by atoms with E-state index in [1.807, 2.05) is 30.3 Å². The highest BCUT2D eigenvalue weighted by Crippen LogP contribution is 2.32. The number of hydrogen-bond donors (Lipinski definition) is 1. The van der Waals surface area contributed by atoms with Crippen molar-refractivity contribution in [2.75, 3.05) is 14.2 Å². The van der Waals surface area contributed by atoms with E-state index in [1.54, 1.807) is 20.4 Å². The van der Waals surface area contributed by atoms with E-state index in [1.165, 1.54) is 0 Å². The maximum atomic E-state index is 8.99. The van der Waals surface area contributed by atoms with Gasteiger partial charge in [-0.05, 0) is 23.8 Å². The van der Waals surface area contributed by atoms with Gasteiger partial charge in [0.1, 0.15) is 11.5 Å². The van der Waals surface area contributed by atoms with Gasteiger partial charge < -0.3 is 14.6 Å². The first kappa shape index (κ1) is 12.4. The molecule has 0 aliphatic carbocycles. The molecule has 18 heavy (non-hydrogen) atoms. The Morgan fingerprint density at radius 1 is 1.11 bits per heavy atom. The minimum absolute atomic E-state index is 0.00692. The van der Waals surface area contributed by atoms with Gasteiger partial charge in [0.15, 0.2) is 0 Å². The van der Waals surface area contributed by atoms with Crippen LogP contribution in [0.25, 0.3) is 11.3 Å². The average Bonchev–Trinajstić information content (AvgIpc) is 2.46. The molecule has 0 unspecified atom stereocenters. The third-order valence-electron chi connectivity index (χ3n) is 2.69. The van der Waals surface area contributed by atoms with Gasteiger partial charge in [0.05, 0.1) is 26.5 Å². The molecule has 0 radical (unpaired) electrons. The van der Waals surface area contributed by atoms with Crippen LogP contribution in [0.5, 0.6) is 11.5 Å². The van der Waals surface area contributed by atoms with Crippen molar-refractivity contribution in [3.63, 3.8) is 0 Å². The maximum Gasteiger partial charge on any atom is 0.131 e. The molecule has 0 amide bonds. The van der Waals surface area contributed by atoms with Gasteiger partial charge in [-0.15, -0.1) is 0 Å². The first-order valence-corrected chi connectivity index (χ1v) is 5.56. The summed E-state index contributed by atoms with van der Waals surface area (Å²) in [6.07, 6.45) is 1.65. The van der Waals surface area contributed by atoms with Crippen molar-refractivity contribution < 1.29 is 14.6 Å². The van der Waals surface area contributed by atoms with Crippen LogP contribution in [0.15, 0.2) is 36.5 Å². The lowest BCUT2D eigenvalue weighted by molar-refractivity contribution is 0.281. The summed E-state index contributed by atoms with van der Waals surface area (Å²) in [7, 11) is 3.23. The van der Waals surface area contributed by atoms with Crippen LogP contribution in [0.2, 0.25) is 0 Å². The van der Waals surface area contributed by atoms with Crippen molar-refractivity contribution in [3.8, 4) is 22.8 Å². The molecule has 1 aromatic carbocycles. The van der Waals surface area contributed by atoms with E-state index >= 15 is 0 Å². The number of pyridine rings is 1. The number of aromatic nitrogens is 1. The number of ether oxygens (including phenoxy) is 2. The molecule has 0 spiro atoms. The first-order valence-electron chi connectivity index (χ1n) is 5.56. The average molecular weight is 245 g/mol. The smallest absolute Gasteiger partial charge is 0.131 e. The molecule has 0 atom stereocenters. The predicted octanol–water partition coefficient (Wildman–Crippen LogP) is 2.26. The molecule has 4 nitrogen and oxygen atoms in total. The second-order valence-electron chi connectivity index (χ2n) is 3.78. The lowest BCUT2D eigenvalue weighted by Crippen LogP contribution is -1.93. The quantitative estimate of drug-likeness (QED) is 0.897. The van der Waals surface area contributed by atoms with Crippen molar-refractivity contribution in [2.24, 2.45) is 0 Å². The number of aliphatic hydroxyl groups excluding tert-OH is 1. The largest absolute Gasteiger partial charge is 0.497 e. The van der Waals surface area contributed by atoms with Crippen molar-refractivity contribution in [3.05, 3.63) is 42.1 Å². The molecule has 4 heteroatoms. The normalized spacial score (nSPS) is 10.2. The Labute approximate surface area is 106 Å². The number of benzene rings is 1. The van der Waals surface area contributed by atoms with E-state index in [2.05, 4.69) is 4.98 Å². The van der Waals surface area contributed by atoms with Crippen LogP contribution in [0.3, 0.4) is 0 Å². The summed E-state index contributed by atoms with van der Waals surface area (Å²) in [6, 6.07) is 9.27. The number of rotatable bonds is 4. The van der Waals surface area contributed by atoms with Crippen LogP contribution in [-0.2, 0) is 6.61 Å². The third kappa shape index (κ3) is 2.43. The molecular weight excluding hydrogens is 230 g/mol. The highest BCUT2D eigenvalue weighted by Gasteiger charge is 2.08. The molecule has 0 aliphatic rings. The van der Waals surface area contributed by atoms with Crippen LogP contribution in [-0.4, -0.2) is 24.3 Å². The first-order chi connectivity index (χ1) is 8.78. The molecule has 2 rings (SSSR count). The fraction of sp³-hybridized carbons (Fsp3) is 0.214. The fourth-order valence-electron chi connectivity index (χ4n) is 1.69. The number of methoxy groups -OCH3 is 2. The monoisotopic (exact) mass is 245 g/mol. The van der Waals surface area contributed by atoms with E-state index in [0.717, 1.165) is 22.6 Å². The zero-order chi connectivity index (χ0) is 13.0. The van der Waals surface area contributed by atoms with Gasteiger partial charge in [-0.2, -0.15) is 0 Å². The van der Waals surface area contributed by atoms with Crippen LogP contribution < -0.4 is 9.47 Å². The Bertz CT molecular complexity index is 523. The van der Waals surface area contributed by atoms with Gasteiger partial charge in [-0.3, -0.25) is 4.98 Å². The van der Waals surface area contributed by atoms with E-state index < -0.39 is 0 Å². The molecule has 0 fully saturated rings. The third-order valence-corrected chi connectivity index (χ3v) is 2.69. The van der Waals surface area contributed by atoms with Crippen LogP contribution >= 0.6 is 0 Å². The summed E-state index contributed by atoms with van der Waals surface area (Å²) in [5.41, 5.74) is 2.47. The molecule has 0 saturated heterocycles. The summed E-state index contributed by atoms with van der Waals surface area (Å²) in [6.45, 7) is -0.00692. The highest BCUT2D eigenvalue weighted by molar-refractivity contribution is 5.68. The van der Waals surface area contributed by atoms with Crippen LogP contribution in [0, 0.1) is 0 Å². The topological polar surface area (TPSA) is 51.6 Å². The molecule has 2 aromatic rings.